The number of carbonyl (C=O) groups excluding carboxylic acids is 1. The number of amides is 1. The first-order chi connectivity index (χ1) is 18.0. The quantitative estimate of drug-likeness (QED) is 0.247. The number of halogens is 2. The van der Waals surface area contributed by atoms with Gasteiger partial charge in [-0.3, -0.25) is 13.8 Å². The maximum Gasteiger partial charge on any atom is 0.307 e. The van der Waals surface area contributed by atoms with Gasteiger partial charge in [-0.2, -0.15) is 0 Å². The van der Waals surface area contributed by atoms with Gasteiger partial charge in [0.05, 0.1) is 29.3 Å². The van der Waals surface area contributed by atoms with Gasteiger partial charge < -0.3 is 29.8 Å². The maximum atomic E-state index is 13.5. The SMILES string of the molecule is CCCCN(C(=O)c1ccc(Oc2ccc(CC(=O)O)cc2OC)c([NH-])c1)c1cc(S(=O)[O-])c(Cl)cc1Cl. The van der Waals surface area contributed by atoms with Crippen molar-refractivity contribution in [1.82, 2.24) is 0 Å². The Morgan fingerprint density at radius 2 is 1.76 bits per heavy atom. The Morgan fingerprint density at radius 1 is 1.05 bits per heavy atom. The van der Waals surface area contributed by atoms with Crippen LogP contribution in [0.25, 0.3) is 5.73 Å². The van der Waals surface area contributed by atoms with E-state index in [1.54, 1.807) is 12.1 Å². The Kier molecular flexibility index (Phi) is 9.98. The molecule has 1 unspecified atom stereocenters. The standard InChI is InChI=1S/C26H25Cl2N2O7S/c1-3-4-9-30(20-14-24(38(34)35)18(28)13-17(20)27)26(33)16-6-8-21(19(29)12-16)37-22-7-5-15(11-25(31)32)10-23(22)36-2/h5-8,10,12-14,29H,3-4,9,11H2,1-2H3,(H,31,32)(H,34,35)/q-1/p-1. The summed E-state index contributed by atoms with van der Waals surface area (Å²) in [6.07, 6.45) is 1.20. The van der Waals surface area contributed by atoms with Crippen molar-refractivity contribution in [3.8, 4) is 17.2 Å². The van der Waals surface area contributed by atoms with Crippen molar-refractivity contribution < 1.29 is 32.9 Å². The molecule has 38 heavy (non-hydrogen) atoms. The summed E-state index contributed by atoms with van der Waals surface area (Å²) in [6, 6.07) is 11.5. The Hall–Kier alpha value is -3.31. The lowest BCUT2D eigenvalue weighted by molar-refractivity contribution is -0.136. The van der Waals surface area contributed by atoms with Crippen LogP contribution in [-0.4, -0.2) is 39.4 Å². The average molecular weight is 579 g/mol. The lowest BCUT2D eigenvalue weighted by atomic mass is 10.1. The summed E-state index contributed by atoms with van der Waals surface area (Å²) in [7, 11) is 1.41. The highest BCUT2D eigenvalue weighted by Gasteiger charge is 2.22. The number of hydrogen-bond acceptors (Lipinski definition) is 6. The largest absolute Gasteiger partial charge is 0.768 e. The molecule has 0 aliphatic rings. The number of methoxy groups -OCH3 is 1. The summed E-state index contributed by atoms with van der Waals surface area (Å²) in [6.45, 7) is 2.20. The van der Waals surface area contributed by atoms with Crippen molar-refractivity contribution in [1.29, 1.82) is 0 Å². The second kappa shape index (κ2) is 13.0. The number of carboxylic acids is 1. The van der Waals surface area contributed by atoms with E-state index in [0.29, 0.717) is 12.0 Å². The third kappa shape index (κ3) is 6.96. The third-order valence-electron chi connectivity index (χ3n) is 5.48. The predicted molar refractivity (Wildman–Crippen MR) is 145 cm³/mol. The molecule has 0 heterocycles. The number of benzene rings is 3. The summed E-state index contributed by atoms with van der Waals surface area (Å²) >= 11 is 9.71. The number of nitrogens with one attached hydrogen (secondary N) is 1. The minimum Gasteiger partial charge on any atom is -0.768 e. The first-order valence-electron chi connectivity index (χ1n) is 11.4. The molecule has 1 amide bonds. The molecule has 0 bridgehead atoms. The van der Waals surface area contributed by atoms with Crippen molar-refractivity contribution >= 4 is 57.5 Å². The minimum atomic E-state index is -2.64. The zero-order valence-electron chi connectivity index (χ0n) is 20.5. The molecular weight excluding hydrogens is 555 g/mol. The molecule has 3 aromatic carbocycles. The van der Waals surface area contributed by atoms with Crippen molar-refractivity contribution in [2.45, 2.75) is 31.1 Å². The average Bonchev–Trinajstić information content (AvgIpc) is 2.86. The minimum absolute atomic E-state index is 0.0589. The number of ether oxygens (including phenoxy) is 2. The number of unbranched alkanes of at least 4 members (excludes halogenated alkanes) is 1. The van der Waals surface area contributed by atoms with Crippen LogP contribution in [0.5, 0.6) is 17.2 Å². The zero-order chi connectivity index (χ0) is 28.0. The van der Waals surface area contributed by atoms with Crippen LogP contribution in [-0.2, 0) is 22.3 Å². The molecule has 1 atom stereocenters. The first-order valence-corrected chi connectivity index (χ1v) is 13.2. The molecule has 0 aromatic heterocycles. The van der Waals surface area contributed by atoms with Gasteiger partial charge in [-0.25, -0.2) is 0 Å². The predicted octanol–water partition coefficient (Wildman–Crippen LogP) is 6.79. The van der Waals surface area contributed by atoms with E-state index in [0.717, 1.165) is 6.42 Å². The van der Waals surface area contributed by atoms with Crippen molar-refractivity contribution in [2.24, 2.45) is 0 Å². The Balaban J connectivity index is 1.93. The smallest absolute Gasteiger partial charge is 0.307 e. The molecule has 2 N–H and O–H groups in total. The molecule has 12 heteroatoms. The van der Waals surface area contributed by atoms with Crippen molar-refractivity contribution in [3.05, 3.63) is 75.4 Å². The van der Waals surface area contributed by atoms with Crippen LogP contribution in [0, 0.1) is 0 Å². The molecule has 0 spiro atoms. The van der Waals surface area contributed by atoms with Gasteiger partial charge >= 0.3 is 5.97 Å². The van der Waals surface area contributed by atoms with E-state index in [9.17, 15) is 18.4 Å². The number of carbonyl (C=O) groups is 2. The molecule has 9 nitrogen and oxygen atoms in total. The molecule has 3 rings (SSSR count). The summed E-state index contributed by atoms with van der Waals surface area (Å²) in [5, 5.41) is 9.05. The molecule has 0 fully saturated rings. The van der Waals surface area contributed by atoms with Gasteiger partial charge in [0.15, 0.2) is 11.5 Å². The summed E-state index contributed by atoms with van der Waals surface area (Å²) in [4.78, 5) is 25.7. The van der Waals surface area contributed by atoms with E-state index in [1.165, 1.54) is 48.4 Å². The third-order valence-corrected chi connectivity index (χ3v) is 6.91. The van der Waals surface area contributed by atoms with E-state index in [4.69, 9.17) is 43.5 Å². The van der Waals surface area contributed by atoms with E-state index in [-0.39, 0.29) is 62.1 Å². The van der Waals surface area contributed by atoms with Crippen LogP contribution in [0.3, 0.4) is 0 Å². The highest BCUT2D eigenvalue weighted by Crippen LogP contribution is 2.38. The van der Waals surface area contributed by atoms with Gasteiger partial charge in [0.1, 0.15) is 5.75 Å². The lowest BCUT2D eigenvalue weighted by Gasteiger charge is -2.26. The summed E-state index contributed by atoms with van der Waals surface area (Å²) in [5.41, 5.74) is 9.20. The Morgan fingerprint density at radius 3 is 2.37 bits per heavy atom. The van der Waals surface area contributed by atoms with Crippen molar-refractivity contribution in [2.75, 3.05) is 18.6 Å². The number of anilines is 1. The highest BCUT2D eigenvalue weighted by molar-refractivity contribution is 7.79. The summed E-state index contributed by atoms with van der Waals surface area (Å²) < 4.78 is 34.3. The fourth-order valence-electron chi connectivity index (χ4n) is 3.61. The monoisotopic (exact) mass is 578 g/mol. The van der Waals surface area contributed by atoms with E-state index in [2.05, 4.69) is 0 Å². The topological polar surface area (TPSA) is 140 Å². The van der Waals surface area contributed by atoms with Crippen LogP contribution < -0.4 is 14.4 Å². The number of rotatable bonds is 11. The second-order valence-corrected chi connectivity index (χ2v) is 9.87. The van der Waals surface area contributed by atoms with Crippen LogP contribution in [0.4, 0.5) is 11.4 Å². The maximum absolute atomic E-state index is 13.5. The van der Waals surface area contributed by atoms with Gasteiger partial charge in [0.2, 0.25) is 0 Å². The van der Waals surface area contributed by atoms with Gasteiger partial charge in [-0.05, 0) is 59.5 Å². The molecular formula is C26H24Cl2N2O7S-2. The van der Waals surface area contributed by atoms with E-state index < -0.39 is 23.0 Å². The molecule has 0 saturated carbocycles. The Labute approximate surface area is 232 Å². The number of hydrogen-bond donors (Lipinski definition) is 1. The van der Waals surface area contributed by atoms with Crippen LogP contribution in [0.1, 0.15) is 35.7 Å². The normalized spacial score (nSPS) is 11.6. The molecule has 0 aliphatic heterocycles. The fraction of sp³-hybridized carbons (Fsp3) is 0.231. The van der Waals surface area contributed by atoms with Gasteiger partial charge in [-0.15, -0.1) is 0 Å². The molecule has 0 saturated heterocycles. The summed E-state index contributed by atoms with van der Waals surface area (Å²) in [5.74, 6) is -0.775. The number of nitrogens with zero attached hydrogens (tertiary/aromatic N) is 1. The van der Waals surface area contributed by atoms with E-state index in [1.807, 2.05) is 6.92 Å². The van der Waals surface area contributed by atoms with Crippen LogP contribution in [0.15, 0.2) is 53.4 Å². The fourth-order valence-corrected chi connectivity index (χ4v) is 4.71. The molecule has 202 valence electrons. The van der Waals surface area contributed by atoms with Gasteiger partial charge in [0, 0.05) is 17.0 Å². The van der Waals surface area contributed by atoms with Crippen LogP contribution >= 0.6 is 23.2 Å². The number of carboxylic acid groups (broad SMARTS) is 1. The molecule has 0 radical (unpaired) electrons. The van der Waals surface area contributed by atoms with Gasteiger partial charge in [-0.1, -0.05) is 54.4 Å². The molecule has 3 aromatic rings. The van der Waals surface area contributed by atoms with E-state index >= 15 is 0 Å². The lowest BCUT2D eigenvalue weighted by Crippen LogP contribution is -2.32. The number of aliphatic carboxylic acids is 1. The first kappa shape index (κ1) is 29.2. The zero-order valence-corrected chi connectivity index (χ0v) is 22.8. The highest BCUT2D eigenvalue weighted by atomic mass is 35.5. The second-order valence-electron chi connectivity index (χ2n) is 8.15. The molecule has 0 aliphatic carbocycles. The van der Waals surface area contributed by atoms with Crippen molar-refractivity contribution in [3.63, 3.8) is 0 Å². The van der Waals surface area contributed by atoms with Gasteiger partial charge in [0.25, 0.3) is 5.91 Å². The Bertz CT molecular complexity index is 1380. The van der Waals surface area contributed by atoms with Crippen LogP contribution in [0.2, 0.25) is 10.0 Å².